The number of ether oxygens (including phenoxy) is 1. The van der Waals surface area contributed by atoms with E-state index in [0.29, 0.717) is 23.1 Å². The SMILES string of the molecule is CCOC(=O)c1ccn(-c2ccc(NC(=O)c3sc4nc(C5CC5)nc(C)c4c3C)cc2)n1. The Morgan fingerprint density at radius 3 is 2.61 bits per heavy atom. The highest BCUT2D eigenvalue weighted by molar-refractivity contribution is 7.20. The maximum atomic E-state index is 13.0. The van der Waals surface area contributed by atoms with Gasteiger partial charge in [0.15, 0.2) is 5.69 Å². The summed E-state index contributed by atoms with van der Waals surface area (Å²) in [7, 11) is 0. The molecule has 9 heteroatoms. The van der Waals surface area contributed by atoms with E-state index >= 15 is 0 Å². The van der Waals surface area contributed by atoms with Gasteiger partial charge in [0.05, 0.1) is 22.9 Å². The number of aromatic nitrogens is 4. The van der Waals surface area contributed by atoms with Crippen molar-refractivity contribution in [2.24, 2.45) is 0 Å². The molecule has 0 saturated heterocycles. The number of fused-ring (bicyclic) bond motifs is 1. The molecule has 1 saturated carbocycles. The molecule has 0 spiro atoms. The van der Waals surface area contributed by atoms with Gasteiger partial charge >= 0.3 is 5.97 Å². The van der Waals surface area contributed by atoms with Crippen LogP contribution in [0.2, 0.25) is 0 Å². The largest absolute Gasteiger partial charge is 0.461 e. The van der Waals surface area contributed by atoms with Crippen molar-refractivity contribution >= 4 is 39.1 Å². The van der Waals surface area contributed by atoms with Gasteiger partial charge in [-0.2, -0.15) is 5.10 Å². The number of nitrogens with one attached hydrogen (secondary N) is 1. The number of esters is 1. The molecule has 1 amide bonds. The van der Waals surface area contributed by atoms with Crippen molar-refractivity contribution in [2.45, 2.75) is 39.5 Å². The van der Waals surface area contributed by atoms with Crippen molar-refractivity contribution < 1.29 is 14.3 Å². The first-order valence-electron chi connectivity index (χ1n) is 10.9. The lowest BCUT2D eigenvalue weighted by Crippen LogP contribution is -2.11. The lowest BCUT2D eigenvalue weighted by Gasteiger charge is -2.07. The van der Waals surface area contributed by atoms with Crippen LogP contribution < -0.4 is 5.32 Å². The summed E-state index contributed by atoms with van der Waals surface area (Å²) in [5.41, 5.74) is 3.52. The van der Waals surface area contributed by atoms with E-state index in [4.69, 9.17) is 9.72 Å². The Hall–Kier alpha value is -3.59. The molecule has 1 aromatic carbocycles. The van der Waals surface area contributed by atoms with E-state index in [1.807, 2.05) is 26.0 Å². The van der Waals surface area contributed by atoms with E-state index in [-0.39, 0.29) is 11.6 Å². The number of carbonyl (C=O) groups excluding carboxylic acids is 2. The Kier molecular flexibility index (Phi) is 5.41. The summed E-state index contributed by atoms with van der Waals surface area (Å²) in [6, 6.07) is 8.87. The Labute approximate surface area is 194 Å². The number of thiophene rings is 1. The van der Waals surface area contributed by atoms with Gasteiger partial charge in [-0.15, -0.1) is 11.3 Å². The fraction of sp³-hybridized carbons (Fsp3) is 0.292. The second kappa shape index (κ2) is 8.40. The van der Waals surface area contributed by atoms with E-state index in [2.05, 4.69) is 15.4 Å². The zero-order valence-electron chi connectivity index (χ0n) is 18.6. The van der Waals surface area contributed by atoms with E-state index in [1.165, 1.54) is 11.3 Å². The van der Waals surface area contributed by atoms with Gasteiger partial charge in [0.25, 0.3) is 5.91 Å². The van der Waals surface area contributed by atoms with Crippen molar-refractivity contribution in [1.82, 2.24) is 19.7 Å². The molecule has 1 aliphatic carbocycles. The minimum absolute atomic E-state index is 0.167. The van der Waals surface area contributed by atoms with Crippen LogP contribution in [0.1, 0.15) is 62.9 Å². The predicted molar refractivity (Wildman–Crippen MR) is 126 cm³/mol. The molecule has 3 aromatic heterocycles. The van der Waals surface area contributed by atoms with Crippen molar-refractivity contribution in [3.63, 3.8) is 0 Å². The van der Waals surface area contributed by atoms with Crippen LogP contribution in [0, 0.1) is 13.8 Å². The standard InChI is InChI=1S/C24H23N5O3S/c1-4-32-24(31)18-11-12-29(28-18)17-9-7-16(8-10-17)26-22(30)20-13(2)19-14(3)25-21(15-5-6-15)27-23(19)33-20/h7-12,15H,4-6H2,1-3H3,(H,26,30). The molecule has 0 atom stereocenters. The summed E-state index contributed by atoms with van der Waals surface area (Å²) in [5.74, 6) is 0.741. The van der Waals surface area contributed by atoms with Gasteiger partial charge in [-0.1, -0.05) is 0 Å². The van der Waals surface area contributed by atoms with Gasteiger partial charge in [-0.05, 0) is 69.5 Å². The third-order valence-corrected chi connectivity index (χ3v) is 6.78. The first-order chi connectivity index (χ1) is 15.9. The number of carbonyl (C=O) groups is 2. The molecule has 8 nitrogen and oxygen atoms in total. The van der Waals surface area contributed by atoms with Crippen molar-refractivity contribution in [3.05, 3.63) is 64.2 Å². The van der Waals surface area contributed by atoms with Crippen LogP contribution in [-0.2, 0) is 4.74 Å². The molecule has 0 radical (unpaired) electrons. The number of hydrogen-bond acceptors (Lipinski definition) is 7. The van der Waals surface area contributed by atoms with Crippen LogP contribution in [0.3, 0.4) is 0 Å². The van der Waals surface area contributed by atoms with Gasteiger partial charge in [0.1, 0.15) is 10.7 Å². The molecule has 1 fully saturated rings. The number of rotatable bonds is 6. The monoisotopic (exact) mass is 461 g/mol. The van der Waals surface area contributed by atoms with Crippen LogP contribution in [-0.4, -0.2) is 38.2 Å². The van der Waals surface area contributed by atoms with Gasteiger partial charge in [0.2, 0.25) is 0 Å². The summed E-state index contributed by atoms with van der Waals surface area (Å²) < 4.78 is 6.56. The molecule has 4 aromatic rings. The van der Waals surface area contributed by atoms with E-state index in [9.17, 15) is 9.59 Å². The van der Waals surface area contributed by atoms with E-state index in [1.54, 1.807) is 36.0 Å². The fourth-order valence-electron chi connectivity index (χ4n) is 3.77. The average molecular weight is 462 g/mol. The highest BCUT2D eigenvalue weighted by Gasteiger charge is 2.28. The summed E-state index contributed by atoms with van der Waals surface area (Å²) >= 11 is 1.41. The molecule has 0 bridgehead atoms. The molecule has 0 unspecified atom stereocenters. The maximum Gasteiger partial charge on any atom is 0.358 e. The van der Waals surface area contributed by atoms with Crippen LogP contribution >= 0.6 is 11.3 Å². The van der Waals surface area contributed by atoms with E-state index < -0.39 is 5.97 Å². The summed E-state index contributed by atoms with van der Waals surface area (Å²) in [5, 5.41) is 8.19. The first kappa shape index (κ1) is 21.3. The Balaban J connectivity index is 1.34. The third kappa shape index (κ3) is 4.11. The van der Waals surface area contributed by atoms with Gasteiger partial charge < -0.3 is 10.1 Å². The Bertz CT molecular complexity index is 1370. The number of anilines is 1. The maximum absolute atomic E-state index is 13.0. The second-order valence-electron chi connectivity index (χ2n) is 8.04. The van der Waals surface area contributed by atoms with Crippen LogP contribution in [0.5, 0.6) is 0 Å². The molecule has 0 aliphatic heterocycles. The molecule has 3 heterocycles. The zero-order chi connectivity index (χ0) is 23.1. The average Bonchev–Trinajstić information content (AvgIpc) is 3.43. The van der Waals surface area contributed by atoms with Crippen LogP contribution in [0.25, 0.3) is 15.9 Å². The van der Waals surface area contributed by atoms with E-state index in [0.717, 1.165) is 45.8 Å². The van der Waals surface area contributed by atoms with Crippen molar-refractivity contribution in [3.8, 4) is 5.69 Å². The molecular formula is C24H23N5O3S. The summed E-state index contributed by atoms with van der Waals surface area (Å²) in [6.45, 7) is 5.98. The quantitative estimate of drug-likeness (QED) is 0.414. The number of aryl methyl sites for hydroxylation is 2. The number of amides is 1. The minimum atomic E-state index is -0.456. The lowest BCUT2D eigenvalue weighted by molar-refractivity contribution is 0.0519. The molecule has 1 aliphatic rings. The first-order valence-corrected chi connectivity index (χ1v) is 11.7. The number of benzene rings is 1. The highest BCUT2D eigenvalue weighted by Crippen LogP contribution is 2.40. The normalized spacial score (nSPS) is 13.3. The third-order valence-electron chi connectivity index (χ3n) is 5.60. The number of hydrogen-bond donors (Lipinski definition) is 1. The Morgan fingerprint density at radius 2 is 1.91 bits per heavy atom. The molecule has 33 heavy (non-hydrogen) atoms. The minimum Gasteiger partial charge on any atom is -0.461 e. The second-order valence-corrected chi connectivity index (χ2v) is 9.04. The van der Waals surface area contributed by atoms with Gasteiger partial charge in [0, 0.05) is 23.2 Å². The molecule has 168 valence electrons. The topological polar surface area (TPSA) is 99.0 Å². The lowest BCUT2D eigenvalue weighted by atomic mass is 10.1. The summed E-state index contributed by atoms with van der Waals surface area (Å²) in [4.78, 5) is 35.7. The van der Waals surface area contributed by atoms with Crippen molar-refractivity contribution in [2.75, 3.05) is 11.9 Å². The summed E-state index contributed by atoms with van der Waals surface area (Å²) in [6.07, 6.45) is 3.97. The van der Waals surface area contributed by atoms with Gasteiger partial charge in [-0.3, -0.25) is 4.79 Å². The zero-order valence-corrected chi connectivity index (χ0v) is 19.4. The molecular weight excluding hydrogens is 438 g/mol. The van der Waals surface area contributed by atoms with Crippen LogP contribution in [0.15, 0.2) is 36.5 Å². The fourth-order valence-corrected chi connectivity index (χ4v) is 4.90. The predicted octanol–water partition coefficient (Wildman–Crippen LogP) is 4.80. The Morgan fingerprint density at radius 1 is 1.15 bits per heavy atom. The van der Waals surface area contributed by atoms with Crippen molar-refractivity contribution in [1.29, 1.82) is 0 Å². The molecule has 1 N–H and O–H groups in total. The smallest absolute Gasteiger partial charge is 0.358 e. The van der Waals surface area contributed by atoms with Gasteiger partial charge in [-0.25, -0.2) is 19.4 Å². The number of nitrogens with zero attached hydrogens (tertiary/aromatic N) is 4. The molecule has 5 rings (SSSR count). The van der Waals surface area contributed by atoms with Crippen LogP contribution in [0.4, 0.5) is 5.69 Å². The highest BCUT2D eigenvalue weighted by atomic mass is 32.1.